The summed E-state index contributed by atoms with van der Waals surface area (Å²) in [6.45, 7) is 0. The molecule has 4 aromatic carbocycles. The molecular formula is C34H30Cl2F2GeZr. The van der Waals surface area contributed by atoms with E-state index >= 15 is 0 Å². The van der Waals surface area contributed by atoms with Crippen molar-refractivity contribution in [3.05, 3.63) is 163 Å². The van der Waals surface area contributed by atoms with Crippen LogP contribution in [-0.4, -0.2) is 12.1 Å². The van der Waals surface area contributed by atoms with E-state index in [4.69, 9.17) is 0 Å². The van der Waals surface area contributed by atoms with E-state index in [1.54, 1.807) is 24.3 Å². The molecule has 6 heteroatoms. The van der Waals surface area contributed by atoms with E-state index in [0.717, 1.165) is 47.3 Å². The average Bonchev–Trinajstić information content (AvgIpc) is 3.65. The summed E-state index contributed by atoms with van der Waals surface area (Å²) in [4.78, 5) is 0. The zero-order chi connectivity index (χ0) is 26.2. The molecule has 0 amide bonds. The monoisotopic (exact) mass is 710 g/mol. The van der Waals surface area contributed by atoms with Crippen molar-refractivity contribution in [2.24, 2.45) is 0 Å². The van der Waals surface area contributed by atoms with Gasteiger partial charge in [-0.3, -0.25) is 0 Å². The maximum absolute atomic E-state index is 14.5. The second-order valence-electron chi connectivity index (χ2n) is 10.2. The molecule has 0 radical (unpaired) electrons. The normalized spacial score (nSPS) is 14.8. The Hall–Kier alpha value is -2.29. The fourth-order valence-electron chi connectivity index (χ4n) is 6.57. The molecule has 6 rings (SSSR count). The number of benzene rings is 4. The fourth-order valence-corrected chi connectivity index (χ4v) is 37.3. The van der Waals surface area contributed by atoms with Crippen LogP contribution >= 0.6 is 24.8 Å². The minimum absolute atomic E-state index is 0. The van der Waals surface area contributed by atoms with Gasteiger partial charge in [0.15, 0.2) is 0 Å². The first kappa shape index (κ1) is 30.7. The standard InChI is InChI=1S/2C11H8F.2C6H5.2ClH.GeH2.Zr/c2*12-11-7-3-6-10(8-11)9-4-1-2-5-9;2*1-2-4-6-5-3-1;;;;/h2*1,3-4,6-8H,2H2;2*1-5H;2*1H;1H2;. The number of rotatable bonds is 6. The van der Waals surface area contributed by atoms with Crippen molar-refractivity contribution in [2.75, 3.05) is 0 Å². The Labute approximate surface area is 252 Å². The van der Waals surface area contributed by atoms with Crippen LogP contribution < -0.4 is 6.54 Å². The van der Waals surface area contributed by atoms with Crippen molar-refractivity contribution < 1.29 is 24.4 Å². The summed E-state index contributed by atoms with van der Waals surface area (Å²) in [7, 11) is 0. The number of halogens is 4. The molecule has 0 spiro atoms. The van der Waals surface area contributed by atoms with Crippen LogP contribution in [-0.2, 0) is 15.7 Å². The second-order valence-corrected chi connectivity index (χ2v) is 40.7. The van der Waals surface area contributed by atoms with Crippen LogP contribution in [0.2, 0.25) is 0 Å². The van der Waals surface area contributed by atoms with E-state index in [2.05, 4.69) is 85.0 Å². The predicted octanol–water partition coefficient (Wildman–Crippen LogP) is 7.74. The van der Waals surface area contributed by atoms with Gasteiger partial charge in [-0.05, 0) is 0 Å². The molecule has 2 aliphatic carbocycles. The predicted molar refractivity (Wildman–Crippen MR) is 169 cm³/mol. The Balaban J connectivity index is 0.00000185. The molecular weight excluding hydrogens is 681 g/mol. The Morgan fingerprint density at radius 3 is 1.30 bits per heavy atom. The summed E-state index contributed by atoms with van der Waals surface area (Å²) >= 11 is -3.49. The first-order chi connectivity index (χ1) is 18.5. The molecule has 0 N–H and O–H groups in total. The Morgan fingerprint density at radius 2 is 0.925 bits per heavy atom. The molecule has 40 heavy (non-hydrogen) atoms. The zero-order valence-corrected chi connectivity index (χ0v) is 29.0. The summed E-state index contributed by atoms with van der Waals surface area (Å²) in [5, 5.41) is 0. The molecule has 0 fully saturated rings. The van der Waals surface area contributed by atoms with E-state index in [1.807, 2.05) is 12.1 Å². The molecule has 2 aliphatic rings. The summed E-state index contributed by atoms with van der Waals surface area (Å²) in [5.41, 5.74) is 4.14. The third kappa shape index (κ3) is 4.90. The first-order valence-electron chi connectivity index (χ1n) is 13.0. The molecule has 0 saturated carbocycles. The van der Waals surface area contributed by atoms with Gasteiger partial charge in [-0.15, -0.1) is 24.8 Å². The third-order valence-electron chi connectivity index (χ3n) is 8.29. The van der Waals surface area contributed by atoms with Crippen LogP contribution in [0.5, 0.6) is 0 Å². The minimum atomic E-state index is -4.56. The van der Waals surface area contributed by atoms with Gasteiger partial charge in [-0.2, -0.15) is 0 Å². The van der Waals surface area contributed by atoms with E-state index in [1.165, 1.54) is 25.2 Å². The van der Waals surface area contributed by atoms with Crippen LogP contribution in [0.25, 0.3) is 11.1 Å². The van der Waals surface area contributed by atoms with Gasteiger partial charge in [0, 0.05) is 0 Å². The molecule has 4 aromatic rings. The molecule has 0 unspecified atom stereocenters. The van der Waals surface area contributed by atoms with Gasteiger partial charge >= 0.3 is 230 Å². The van der Waals surface area contributed by atoms with Crippen LogP contribution in [0, 0.1) is 11.6 Å². The summed E-state index contributed by atoms with van der Waals surface area (Å²) < 4.78 is 34.7. The molecule has 0 saturated heterocycles. The third-order valence-corrected chi connectivity index (χ3v) is 45.8. The van der Waals surface area contributed by atoms with Crippen LogP contribution in [0.15, 0.2) is 140 Å². The van der Waals surface area contributed by atoms with E-state index in [-0.39, 0.29) is 36.4 Å². The van der Waals surface area contributed by atoms with Gasteiger partial charge < -0.3 is 0 Å². The SMILES string of the molecule is Cl.Cl.Fc1cccc(C2=[C]([Zr](=[GeH2])([C]3=C(c4cccc(F)c4)C=CC3)([c]3ccccc3)[c]3ccccc3)CC=C2)c1. The number of hydrogen-bond acceptors (Lipinski definition) is 0. The van der Waals surface area contributed by atoms with E-state index in [0.29, 0.717) is 0 Å². The topological polar surface area (TPSA) is 0 Å². The molecule has 202 valence electrons. The van der Waals surface area contributed by atoms with Gasteiger partial charge in [0.1, 0.15) is 0 Å². The zero-order valence-electron chi connectivity index (χ0n) is 21.9. The maximum atomic E-state index is 14.5. The molecule has 0 aliphatic heterocycles. The molecule has 0 atom stereocenters. The van der Waals surface area contributed by atoms with Crippen LogP contribution in [0.4, 0.5) is 8.78 Å². The van der Waals surface area contributed by atoms with E-state index < -0.39 is 15.7 Å². The number of allylic oxidation sites excluding steroid dienone is 8. The van der Waals surface area contributed by atoms with Gasteiger partial charge in [0.2, 0.25) is 0 Å². The van der Waals surface area contributed by atoms with Crippen LogP contribution in [0.1, 0.15) is 24.0 Å². The van der Waals surface area contributed by atoms with Crippen LogP contribution in [0.3, 0.4) is 0 Å². The second kappa shape index (κ2) is 12.3. The number of hydrogen-bond donors (Lipinski definition) is 0. The molecule has 0 bridgehead atoms. The Bertz CT molecular complexity index is 1610. The van der Waals surface area contributed by atoms with Gasteiger partial charge in [-0.25, -0.2) is 0 Å². The van der Waals surface area contributed by atoms with Crippen molar-refractivity contribution in [1.82, 2.24) is 0 Å². The van der Waals surface area contributed by atoms with Crippen molar-refractivity contribution in [3.63, 3.8) is 0 Å². The van der Waals surface area contributed by atoms with E-state index in [9.17, 15) is 8.78 Å². The van der Waals surface area contributed by atoms with Crippen molar-refractivity contribution in [3.8, 4) is 0 Å². The van der Waals surface area contributed by atoms with Gasteiger partial charge in [0.05, 0.1) is 0 Å². The summed E-state index contributed by atoms with van der Waals surface area (Å²) in [5.74, 6) is -0.448. The first-order valence-corrected chi connectivity index (χ1v) is 28.4. The Kier molecular flexibility index (Phi) is 9.42. The summed E-state index contributed by atoms with van der Waals surface area (Å²) in [6.07, 6.45) is 10.6. The molecule has 0 aromatic heterocycles. The van der Waals surface area contributed by atoms with Gasteiger partial charge in [-0.1, -0.05) is 0 Å². The molecule has 0 heterocycles. The average molecular weight is 711 g/mol. The molecule has 0 nitrogen and oxygen atoms in total. The van der Waals surface area contributed by atoms with Crippen molar-refractivity contribution in [2.45, 2.75) is 12.8 Å². The quantitative estimate of drug-likeness (QED) is 0.180. The van der Waals surface area contributed by atoms with Crippen molar-refractivity contribution in [1.29, 1.82) is 0 Å². The van der Waals surface area contributed by atoms with Crippen molar-refractivity contribution >= 4 is 54.6 Å². The summed E-state index contributed by atoms with van der Waals surface area (Å²) in [6, 6.07) is 36.0. The van der Waals surface area contributed by atoms with Gasteiger partial charge in [0.25, 0.3) is 0 Å². The fraction of sp³-hybridized carbons (Fsp3) is 0.0588. The Morgan fingerprint density at radius 1 is 0.525 bits per heavy atom.